The van der Waals surface area contributed by atoms with Crippen LogP contribution in [0.3, 0.4) is 0 Å². The van der Waals surface area contributed by atoms with Gasteiger partial charge < -0.3 is 0 Å². The number of hydrogen-bond donors (Lipinski definition) is 0. The molecule has 3 nitrogen and oxygen atoms in total. The molecule has 94 valence electrons. The van der Waals surface area contributed by atoms with Crippen LogP contribution in [0, 0.1) is 13.8 Å². The molecule has 18 heavy (non-hydrogen) atoms. The monoisotopic (exact) mass is 306 g/mol. The van der Waals surface area contributed by atoms with Gasteiger partial charge in [-0.05, 0) is 53.9 Å². The van der Waals surface area contributed by atoms with Crippen molar-refractivity contribution in [1.82, 2.24) is 9.78 Å². The van der Waals surface area contributed by atoms with Crippen LogP contribution in [-0.4, -0.2) is 15.6 Å². The van der Waals surface area contributed by atoms with Gasteiger partial charge in [-0.1, -0.05) is 12.1 Å². The Hall–Kier alpha value is -1.42. The molecule has 4 heteroatoms. The molecule has 1 atom stereocenters. The smallest absolute Gasteiger partial charge is 0.187 e. The summed E-state index contributed by atoms with van der Waals surface area (Å²) in [6.07, 6.45) is 3.49. The van der Waals surface area contributed by atoms with E-state index in [-0.39, 0.29) is 11.8 Å². The van der Waals surface area contributed by atoms with Crippen LogP contribution in [0.4, 0.5) is 0 Å². The van der Waals surface area contributed by atoms with Gasteiger partial charge in [0.1, 0.15) is 6.04 Å². The van der Waals surface area contributed by atoms with Crippen LogP contribution in [0.2, 0.25) is 0 Å². The summed E-state index contributed by atoms with van der Waals surface area (Å²) in [5.41, 5.74) is 3.06. The van der Waals surface area contributed by atoms with Crippen molar-refractivity contribution in [1.29, 1.82) is 0 Å². The van der Waals surface area contributed by atoms with E-state index in [9.17, 15) is 4.79 Å². The van der Waals surface area contributed by atoms with Crippen molar-refractivity contribution in [3.8, 4) is 0 Å². The van der Waals surface area contributed by atoms with Crippen molar-refractivity contribution in [3.63, 3.8) is 0 Å². The number of aryl methyl sites for hydroxylation is 2. The quantitative estimate of drug-likeness (QED) is 0.810. The number of carbonyl (C=O) groups excluding carboxylic acids is 1. The van der Waals surface area contributed by atoms with E-state index in [2.05, 4.69) is 21.0 Å². The molecule has 0 saturated carbocycles. The number of halogens is 1. The highest BCUT2D eigenvalue weighted by atomic mass is 79.9. The Balaban J connectivity index is 2.28. The van der Waals surface area contributed by atoms with Crippen molar-refractivity contribution in [3.05, 3.63) is 51.8 Å². The van der Waals surface area contributed by atoms with Crippen molar-refractivity contribution >= 4 is 21.7 Å². The fraction of sp³-hybridized carbons (Fsp3) is 0.286. The van der Waals surface area contributed by atoms with Gasteiger partial charge in [0.05, 0.1) is 10.7 Å². The highest BCUT2D eigenvalue weighted by Gasteiger charge is 2.18. The Morgan fingerprint density at radius 2 is 2.06 bits per heavy atom. The summed E-state index contributed by atoms with van der Waals surface area (Å²) in [6.45, 7) is 5.91. The predicted molar refractivity (Wildman–Crippen MR) is 74.9 cm³/mol. The van der Waals surface area contributed by atoms with Gasteiger partial charge in [0.25, 0.3) is 0 Å². The number of nitrogens with zero attached hydrogens (tertiary/aromatic N) is 2. The van der Waals surface area contributed by atoms with E-state index in [0.717, 1.165) is 15.6 Å². The first-order chi connectivity index (χ1) is 8.49. The normalized spacial score (nSPS) is 12.4. The average molecular weight is 307 g/mol. The summed E-state index contributed by atoms with van der Waals surface area (Å²) in [5, 5.41) is 4.15. The third-order valence-electron chi connectivity index (χ3n) is 3.14. The lowest BCUT2D eigenvalue weighted by Gasteiger charge is -2.12. The minimum atomic E-state index is -0.293. The summed E-state index contributed by atoms with van der Waals surface area (Å²) >= 11 is 3.33. The molecule has 0 aliphatic carbocycles. The molecular formula is C14H15BrN2O. The summed E-state index contributed by atoms with van der Waals surface area (Å²) in [6, 6.07) is 5.50. The molecule has 0 aliphatic rings. The van der Waals surface area contributed by atoms with Crippen molar-refractivity contribution in [2.24, 2.45) is 0 Å². The van der Waals surface area contributed by atoms with Crippen molar-refractivity contribution in [2.45, 2.75) is 26.8 Å². The van der Waals surface area contributed by atoms with Crippen molar-refractivity contribution < 1.29 is 4.79 Å². The Labute approximate surface area is 115 Å². The van der Waals surface area contributed by atoms with Crippen molar-refractivity contribution in [2.75, 3.05) is 0 Å². The van der Waals surface area contributed by atoms with Gasteiger partial charge >= 0.3 is 0 Å². The lowest BCUT2D eigenvalue weighted by Crippen LogP contribution is -2.17. The zero-order valence-electron chi connectivity index (χ0n) is 10.6. The van der Waals surface area contributed by atoms with Gasteiger partial charge in [0, 0.05) is 11.8 Å². The van der Waals surface area contributed by atoms with E-state index in [1.54, 1.807) is 10.9 Å². The number of carbonyl (C=O) groups is 1. The minimum Gasteiger partial charge on any atom is -0.292 e. The molecule has 2 aromatic rings. The lowest BCUT2D eigenvalue weighted by molar-refractivity contribution is 0.0928. The zero-order chi connectivity index (χ0) is 13.3. The number of hydrogen-bond acceptors (Lipinski definition) is 2. The van der Waals surface area contributed by atoms with Crippen LogP contribution in [0.5, 0.6) is 0 Å². The van der Waals surface area contributed by atoms with E-state index >= 15 is 0 Å². The second-order valence-corrected chi connectivity index (χ2v) is 5.39. The van der Waals surface area contributed by atoms with Crippen LogP contribution < -0.4 is 0 Å². The fourth-order valence-electron chi connectivity index (χ4n) is 1.78. The first-order valence-electron chi connectivity index (χ1n) is 5.80. The van der Waals surface area contributed by atoms with Gasteiger partial charge in [-0.25, -0.2) is 0 Å². The SMILES string of the molecule is Cc1ccc(C(=O)C(C)n2cc(Br)cn2)cc1C. The third kappa shape index (κ3) is 2.53. The molecule has 0 N–H and O–H groups in total. The largest absolute Gasteiger partial charge is 0.292 e. The second kappa shape index (κ2) is 5.06. The first-order valence-corrected chi connectivity index (χ1v) is 6.59. The molecule has 0 saturated heterocycles. The Morgan fingerprint density at radius 1 is 1.33 bits per heavy atom. The number of aromatic nitrogens is 2. The maximum Gasteiger partial charge on any atom is 0.187 e. The highest BCUT2D eigenvalue weighted by Crippen LogP contribution is 2.18. The van der Waals surface area contributed by atoms with Crippen LogP contribution in [0.25, 0.3) is 0 Å². The first kappa shape index (κ1) is 13.0. The van der Waals surface area contributed by atoms with Gasteiger partial charge in [-0.15, -0.1) is 0 Å². The van der Waals surface area contributed by atoms with E-state index < -0.39 is 0 Å². The van der Waals surface area contributed by atoms with Crippen LogP contribution in [0.15, 0.2) is 35.1 Å². The Kier molecular flexibility index (Phi) is 3.66. The molecule has 1 aromatic heterocycles. The molecule has 2 rings (SSSR count). The van der Waals surface area contributed by atoms with Gasteiger partial charge in [0.2, 0.25) is 0 Å². The van der Waals surface area contributed by atoms with Crippen LogP contribution in [0.1, 0.15) is 34.5 Å². The molecule has 1 unspecified atom stereocenters. The molecule has 0 radical (unpaired) electrons. The molecule has 1 aromatic carbocycles. The summed E-state index contributed by atoms with van der Waals surface area (Å²) < 4.78 is 2.55. The molecule has 1 heterocycles. The third-order valence-corrected chi connectivity index (χ3v) is 3.55. The zero-order valence-corrected chi connectivity index (χ0v) is 12.2. The minimum absolute atomic E-state index is 0.0775. The van der Waals surface area contributed by atoms with E-state index in [0.29, 0.717) is 0 Å². The number of benzene rings is 1. The Bertz CT molecular complexity index is 589. The summed E-state index contributed by atoms with van der Waals surface area (Å²) in [7, 11) is 0. The standard InChI is InChI=1S/C14H15BrN2O/c1-9-4-5-12(6-10(9)2)14(18)11(3)17-8-13(15)7-16-17/h4-8,11H,1-3H3. The lowest BCUT2D eigenvalue weighted by atomic mass is 10.0. The molecule has 0 fully saturated rings. The molecule has 0 amide bonds. The number of Topliss-reactive ketones (excluding diaryl/α,β-unsaturated/α-hetero) is 1. The molecule has 0 bridgehead atoms. The summed E-state index contributed by atoms with van der Waals surface area (Å²) in [4.78, 5) is 12.3. The molecular weight excluding hydrogens is 292 g/mol. The Morgan fingerprint density at radius 3 is 2.61 bits per heavy atom. The van der Waals surface area contributed by atoms with Gasteiger partial charge in [-0.3, -0.25) is 9.48 Å². The van der Waals surface area contributed by atoms with Crippen LogP contribution >= 0.6 is 15.9 Å². The van der Waals surface area contributed by atoms with E-state index in [1.807, 2.05) is 45.2 Å². The molecule has 0 spiro atoms. The number of ketones is 1. The maximum absolute atomic E-state index is 12.3. The van der Waals surface area contributed by atoms with E-state index in [1.165, 1.54) is 5.56 Å². The maximum atomic E-state index is 12.3. The van der Waals surface area contributed by atoms with Gasteiger partial charge in [-0.2, -0.15) is 5.10 Å². The summed E-state index contributed by atoms with van der Waals surface area (Å²) in [5.74, 6) is 0.0775. The topological polar surface area (TPSA) is 34.9 Å². The fourth-order valence-corrected chi connectivity index (χ4v) is 2.08. The molecule has 0 aliphatic heterocycles. The van der Waals surface area contributed by atoms with E-state index in [4.69, 9.17) is 0 Å². The average Bonchev–Trinajstić information content (AvgIpc) is 2.77. The number of rotatable bonds is 3. The highest BCUT2D eigenvalue weighted by molar-refractivity contribution is 9.10. The van der Waals surface area contributed by atoms with Crippen LogP contribution in [-0.2, 0) is 0 Å². The second-order valence-electron chi connectivity index (χ2n) is 4.48. The predicted octanol–water partition coefficient (Wildman–Crippen LogP) is 3.71. The van der Waals surface area contributed by atoms with Gasteiger partial charge in [0.15, 0.2) is 5.78 Å².